The molecule has 0 aliphatic heterocycles. The van der Waals surface area contributed by atoms with Crippen molar-refractivity contribution in [3.8, 4) is 0 Å². The van der Waals surface area contributed by atoms with Crippen LogP contribution in [0.2, 0.25) is 0 Å². The van der Waals surface area contributed by atoms with Crippen molar-refractivity contribution in [3.63, 3.8) is 0 Å². The first-order chi connectivity index (χ1) is 10.3. The third-order valence-corrected chi connectivity index (χ3v) is 3.72. The number of para-hydroxylation sites is 1. The topological polar surface area (TPSA) is 46.2 Å². The van der Waals surface area contributed by atoms with Crippen LogP contribution in [-0.4, -0.2) is 8.42 Å². The molecule has 0 fully saturated rings. The largest absolute Gasteiger partial charge is 0.418 e. The van der Waals surface area contributed by atoms with Crippen molar-refractivity contribution in [2.24, 2.45) is 0 Å². The molecule has 0 amide bonds. The van der Waals surface area contributed by atoms with E-state index in [1.54, 1.807) is 30.3 Å². The quantitative estimate of drug-likeness (QED) is 0.918. The highest BCUT2D eigenvalue weighted by Gasteiger charge is 2.33. The lowest BCUT2D eigenvalue weighted by molar-refractivity contribution is -0.136. The Morgan fingerprint density at radius 3 is 2.14 bits per heavy atom. The van der Waals surface area contributed by atoms with Gasteiger partial charge in [-0.25, -0.2) is 8.42 Å². The molecule has 0 heterocycles. The van der Waals surface area contributed by atoms with Crippen LogP contribution in [0.4, 0.5) is 18.9 Å². The van der Waals surface area contributed by atoms with Crippen LogP contribution in [0, 0.1) is 0 Å². The maximum Gasteiger partial charge on any atom is 0.418 e. The van der Waals surface area contributed by atoms with Gasteiger partial charge in [-0.05, 0) is 23.8 Å². The van der Waals surface area contributed by atoms with Crippen LogP contribution in [0.3, 0.4) is 0 Å². The molecular weight excluding hydrogens is 315 g/mol. The number of alkyl halides is 3. The van der Waals surface area contributed by atoms with Crippen molar-refractivity contribution >= 4 is 21.8 Å². The first kappa shape index (κ1) is 16.1. The number of sulfonamides is 1. The maximum atomic E-state index is 12.8. The Labute approximate surface area is 126 Å². The zero-order valence-electron chi connectivity index (χ0n) is 11.2. The van der Waals surface area contributed by atoms with Gasteiger partial charge >= 0.3 is 6.18 Å². The van der Waals surface area contributed by atoms with Gasteiger partial charge < -0.3 is 0 Å². The molecule has 2 rings (SSSR count). The van der Waals surface area contributed by atoms with Gasteiger partial charge in [0.05, 0.1) is 16.7 Å². The van der Waals surface area contributed by atoms with Gasteiger partial charge in [0, 0.05) is 0 Å². The molecule has 0 saturated heterocycles. The van der Waals surface area contributed by atoms with Crippen molar-refractivity contribution in [1.82, 2.24) is 0 Å². The van der Waals surface area contributed by atoms with Crippen molar-refractivity contribution in [2.75, 3.05) is 4.72 Å². The van der Waals surface area contributed by atoms with Crippen LogP contribution in [-0.2, 0) is 16.2 Å². The summed E-state index contributed by atoms with van der Waals surface area (Å²) in [6.45, 7) is 0. The van der Waals surface area contributed by atoms with Gasteiger partial charge in [-0.1, -0.05) is 42.5 Å². The van der Waals surface area contributed by atoms with E-state index in [0.29, 0.717) is 5.56 Å². The SMILES string of the molecule is O=S(=O)(/C=C/c1ccccc1)Nc1ccccc1C(F)(F)F. The second-order valence-corrected chi connectivity index (χ2v) is 5.97. The minimum absolute atomic E-state index is 0.507. The van der Waals surface area contributed by atoms with E-state index in [0.717, 1.165) is 17.5 Å². The number of nitrogens with one attached hydrogen (secondary N) is 1. The van der Waals surface area contributed by atoms with Gasteiger partial charge in [0.15, 0.2) is 0 Å². The summed E-state index contributed by atoms with van der Waals surface area (Å²) in [5.74, 6) is 0. The zero-order chi connectivity index (χ0) is 16.2. The Kier molecular flexibility index (Phi) is 4.56. The Morgan fingerprint density at radius 2 is 1.50 bits per heavy atom. The fourth-order valence-electron chi connectivity index (χ4n) is 1.74. The van der Waals surface area contributed by atoms with Crippen LogP contribution in [0.1, 0.15) is 11.1 Å². The molecule has 2 aromatic carbocycles. The molecule has 0 radical (unpaired) electrons. The molecule has 0 saturated carbocycles. The maximum absolute atomic E-state index is 12.8. The number of rotatable bonds is 4. The van der Waals surface area contributed by atoms with E-state index in [1.165, 1.54) is 18.2 Å². The smallest absolute Gasteiger partial charge is 0.280 e. The average Bonchev–Trinajstić information content (AvgIpc) is 2.45. The fourth-order valence-corrected chi connectivity index (χ4v) is 2.63. The Balaban J connectivity index is 2.25. The molecule has 7 heteroatoms. The molecule has 22 heavy (non-hydrogen) atoms. The lowest BCUT2D eigenvalue weighted by atomic mass is 10.2. The van der Waals surface area contributed by atoms with Gasteiger partial charge in [-0.3, -0.25) is 4.72 Å². The Hall–Kier alpha value is -2.28. The second kappa shape index (κ2) is 6.23. The van der Waals surface area contributed by atoms with E-state index >= 15 is 0 Å². The van der Waals surface area contributed by atoms with E-state index in [1.807, 2.05) is 4.72 Å². The second-order valence-electron chi connectivity index (χ2n) is 4.40. The third kappa shape index (κ3) is 4.36. The molecular formula is C15H12F3NO2S. The lowest BCUT2D eigenvalue weighted by Gasteiger charge is -2.13. The summed E-state index contributed by atoms with van der Waals surface area (Å²) in [5.41, 5.74) is -0.920. The van der Waals surface area contributed by atoms with E-state index in [2.05, 4.69) is 0 Å². The van der Waals surface area contributed by atoms with Crippen LogP contribution in [0.5, 0.6) is 0 Å². The molecule has 3 nitrogen and oxygen atoms in total. The van der Waals surface area contributed by atoms with Crippen molar-refractivity contribution < 1.29 is 21.6 Å². The van der Waals surface area contributed by atoms with Crippen LogP contribution in [0.15, 0.2) is 60.0 Å². The molecule has 0 aliphatic carbocycles. The summed E-state index contributed by atoms with van der Waals surface area (Å²) >= 11 is 0. The van der Waals surface area contributed by atoms with E-state index < -0.39 is 27.5 Å². The summed E-state index contributed by atoms with van der Waals surface area (Å²) < 4.78 is 64.2. The Morgan fingerprint density at radius 1 is 0.909 bits per heavy atom. The van der Waals surface area contributed by atoms with E-state index in [9.17, 15) is 21.6 Å². The lowest BCUT2D eigenvalue weighted by Crippen LogP contribution is -2.14. The number of anilines is 1. The third-order valence-electron chi connectivity index (χ3n) is 2.72. The highest BCUT2D eigenvalue weighted by molar-refractivity contribution is 7.95. The predicted octanol–water partition coefficient (Wildman–Crippen LogP) is 4.12. The average molecular weight is 327 g/mol. The van der Waals surface area contributed by atoms with E-state index in [-0.39, 0.29) is 0 Å². The van der Waals surface area contributed by atoms with Gasteiger partial charge in [0.1, 0.15) is 0 Å². The minimum Gasteiger partial charge on any atom is -0.280 e. The molecule has 0 unspecified atom stereocenters. The number of hydrogen-bond donors (Lipinski definition) is 1. The minimum atomic E-state index is -4.64. The van der Waals surface area contributed by atoms with Gasteiger partial charge in [0.25, 0.3) is 10.0 Å². The number of halogens is 3. The normalized spacial score (nSPS) is 12.5. The van der Waals surface area contributed by atoms with Gasteiger partial charge in [0.2, 0.25) is 0 Å². The molecule has 0 bridgehead atoms. The molecule has 1 N–H and O–H groups in total. The van der Waals surface area contributed by atoms with Crippen molar-refractivity contribution in [1.29, 1.82) is 0 Å². The summed E-state index contributed by atoms with van der Waals surface area (Å²) in [4.78, 5) is 0. The van der Waals surface area contributed by atoms with Gasteiger partial charge in [-0.2, -0.15) is 13.2 Å². The zero-order valence-corrected chi connectivity index (χ0v) is 12.0. The Bertz CT molecular complexity index is 769. The molecule has 0 atom stereocenters. The number of hydrogen-bond acceptors (Lipinski definition) is 2. The first-order valence-corrected chi connectivity index (χ1v) is 7.75. The molecule has 0 aromatic heterocycles. The summed E-state index contributed by atoms with van der Waals surface area (Å²) in [5, 5.41) is 0.829. The summed E-state index contributed by atoms with van der Waals surface area (Å²) in [7, 11) is -4.05. The van der Waals surface area contributed by atoms with Gasteiger partial charge in [-0.15, -0.1) is 0 Å². The predicted molar refractivity (Wildman–Crippen MR) is 79.5 cm³/mol. The molecule has 2 aromatic rings. The molecule has 116 valence electrons. The fraction of sp³-hybridized carbons (Fsp3) is 0.0667. The monoisotopic (exact) mass is 327 g/mol. The highest BCUT2D eigenvalue weighted by atomic mass is 32.2. The number of benzene rings is 2. The van der Waals surface area contributed by atoms with Crippen LogP contribution >= 0.6 is 0 Å². The highest BCUT2D eigenvalue weighted by Crippen LogP contribution is 2.35. The van der Waals surface area contributed by atoms with Crippen LogP contribution < -0.4 is 4.72 Å². The van der Waals surface area contributed by atoms with Crippen LogP contribution in [0.25, 0.3) is 6.08 Å². The van der Waals surface area contributed by atoms with Crippen molar-refractivity contribution in [2.45, 2.75) is 6.18 Å². The molecule has 0 aliphatic rings. The van der Waals surface area contributed by atoms with E-state index in [4.69, 9.17) is 0 Å². The summed E-state index contributed by atoms with van der Waals surface area (Å²) in [6.07, 6.45) is -3.33. The molecule has 0 spiro atoms. The standard InChI is InChI=1S/C15H12F3NO2S/c16-15(17,18)13-8-4-5-9-14(13)19-22(20,21)11-10-12-6-2-1-3-7-12/h1-11,19H/b11-10+. The van der Waals surface area contributed by atoms with Crippen molar-refractivity contribution in [3.05, 3.63) is 71.1 Å². The summed E-state index contributed by atoms with van der Waals surface area (Å²) in [6, 6.07) is 13.0. The first-order valence-electron chi connectivity index (χ1n) is 6.20.